The molecule has 1 amide bonds. The number of hydrogen-bond donors (Lipinski definition) is 1. The van der Waals surface area contributed by atoms with Crippen molar-refractivity contribution in [2.24, 2.45) is 0 Å². The standard InChI is InChI=1S/C16H12BrClFN3OS/c17-12-9-22(8-11-13(18)4-1-5-14(11)19)21-16(12)20-15(23)7-10-3-2-6-24-10/h1-6,9H,7-8H2,(H,20,21,23). The fraction of sp³-hybridized carbons (Fsp3) is 0.125. The van der Waals surface area contributed by atoms with Gasteiger partial charge < -0.3 is 5.32 Å². The van der Waals surface area contributed by atoms with E-state index in [1.807, 2.05) is 17.5 Å². The van der Waals surface area contributed by atoms with Crippen LogP contribution in [0.2, 0.25) is 5.02 Å². The second kappa shape index (κ2) is 7.46. The molecular formula is C16H12BrClFN3OS. The van der Waals surface area contributed by atoms with Gasteiger partial charge in [-0.25, -0.2) is 4.39 Å². The quantitative estimate of drug-likeness (QED) is 0.639. The van der Waals surface area contributed by atoms with Crippen LogP contribution >= 0.6 is 38.9 Å². The third kappa shape index (κ3) is 4.03. The number of carbonyl (C=O) groups excluding carboxylic acids is 1. The molecule has 0 atom stereocenters. The summed E-state index contributed by atoms with van der Waals surface area (Å²) in [5, 5.41) is 9.28. The van der Waals surface area contributed by atoms with Crippen LogP contribution in [0.5, 0.6) is 0 Å². The number of halogens is 3. The monoisotopic (exact) mass is 427 g/mol. The van der Waals surface area contributed by atoms with Crippen LogP contribution in [-0.4, -0.2) is 15.7 Å². The van der Waals surface area contributed by atoms with E-state index in [0.717, 1.165) is 4.88 Å². The van der Waals surface area contributed by atoms with E-state index in [2.05, 4.69) is 26.3 Å². The van der Waals surface area contributed by atoms with Crippen LogP contribution in [0.4, 0.5) is 10.2 Å². The van der Waals surface area contributed by atoms with E-state index in [0.29, 0.717) is 20.9 Å². The molecule has 8 heteroatoms. The fourth-order valence-corrected chi connectivity index (χ4v) is 3.50. The van der Waals surface area contributed by atoms with E-state index in [1.54, 1.807) is 18.3 Å². The van der Waals surface area contributed by atoms with Gasteiger partial charge in [0.1, 0.15) is 5.82 Å². The minimum absolute atomic E-state index is 0.160. The highest BCUT2D eigenvalue weighted by Gasteiger charge is 2.13. The molecule has 0 aliphatic heterocycles. The largest absolute Gasteiger partial charge is 0.308 e. The zero-order chi connectivity index (χ0) is 17.1. The molecule has 2 aromatic heterocycles. The molecule has 0 unspecified atom stereocenters. The number of nitrogens with zero attached hydrogens (tertiary/aromatic N) is 2. The van der Waals surface area contributed by atoms with E-state index in [-0.39, 0.29) is 18.9 Å². The van der Waals surface area contributed by atoms with Gasteiger partial charge in [-0.15, -0.1) is 11.3 Å². The molecule has 4 nitrogen and oxygen atoms in total. The van der Waals surface area contributed by atoms with Crippen LogP contribution in [-0.2, 0) is 17.8 Å². The molecule has 0 aliphatic rings. The number of thiophene rings is 1. The van der Waals surface area contributed by atoms with Gasteiger partial charge in [0.05, 0.1) is 17.4 Å². The molecule has 3 rings (SSSR count). The van der Waals surface area contributed by atoms with Gasteiger partial charge >= 0.3 is 0 Å². The Hall–Kier alpha value is -1.70. The molecule has 0 fully saturated rings. The number of benzene rings is 1. The lowest BCUT2D eigenvalue weighted by molar-refractivity contribution is -0.115. The highest BCUT2D eigenvalue weighted by atomic mass is 79.9. The van der Waals surface area contributed by atoms with Crippen LogP contribution in [0.3, 0.4) is 0 Å². The minimum Gasteiger partial charge on any atom is -0.308 e. The van der Waals surface area contributed by atoms with Crippen molar-refractivity contribution in [1.29, 1.82) is 0 Å². The second-order valence-corrected chi connectivity index (χ2v) is 7.32. The molecule has 0 aliphatic carbocycles. The molecule has 1 aromatic carbocycles. The van der Waals surface area contributed by atoms with E-state index in [1.165, 1.54) is 22.1 Å². The highest BCUT2D eigenvalue weighted by Crippen LogP contribution is 2.24. The van der Waals surface area contributed by atoms with Gasteiger partial charge in [-0.3, -0.25) is 9.48 Å². The third-order valence-electron chi connectivity index (χ3n) is 3.27. The molecule has 1 N–H and O–H groups in total. The summed E-state index contributed by atoms with van der Waals surface area (Å²) >= 11 is 10.9. The van der Waals surface area contributed by atoms with E-state index >= 15 is 0 Å². The minimum atomic E-state index is -0.391. The zero-order valence-corrected chi connectivity index (χ0v) is 15.5. The average Bonchev–Trinajstić information content (AvgIpc) is 3.14. The summed E-state index contributed by atoms with van der Waals surface area (Å²) in [5.41, 5.74) is 0.352. The Labute approximate surface area is 155 Å². The number of hydrogen-bond acceptors (Lipinski definition) is 3. The molecule has 2 heterocycles. The van der Waals surface area contributed by atoms with Crippen LogP contribution in [0.25, 0.3) is 0 Å². The predicted molar refractivity (Wildman–Crippen MR) is 97.1 cm³/mol. The van der Waals surface area contributed by atoms with Crippen molar-refractivity contribution < 1.29 is 9.18 Å². The predicted octanol–water partition coefficient (Wildman–Crippen LogP) is 4.73. The maximum Gasteiger partial charge on any atom is 0.230 e. The summed E-state index contributed by atoms with van der Waals surface area (Å²) in [4.78, 5) is 13.0. The first-order valence-corrected chi connectivity index (χ1v) is 9.06. The van der Waals surface area contributed by atoms with Crippen molar-refractivity contribution in [3.63, 3.8) is 0 Å². The smallest absolute Gasteiger partial charge is 0.230 e. The van der Waals surface area contributed by atoms with Gasteiger partial charge in [0.25, 0.3) is 0 Å². The summed E-state index contributed by atoms with van der Waals surface area (Å²) in [6, 6.07) is 8.33. The van der Waals surface area contributed by atoms with Crippen molar-refractivity contribution in [2.75, 3.05) is 5.32 Å². The van der Waals surface area contributed by atoms with Crippen LogP contribution in [0.1, 0.15) is 10.4 Å². The number of amides is 1. The zero-order valence-electron chi connectivity index (χ0n) is 12.3. The lowest BCUT2D eigenvalue weighted by Gasteiger charge is -2.06. The third-order valence-corrected chi connectivity index (χ3v) is 5.08. The van der Waals surface area contributed by atoms with Crippen molar-refractivity contribution in [1.82, 2.24) is 9.78 Å². The normalized spacial score (nSPS) is 10.8. The van der Waals surface area contributed by atoms with Crippen LogP contribution in [0, 0.1) is 5.82 Å². The lowest BCUT2D eigenvalue weighted by atomic mass is 10.2. The molecule has 0 bridgehead atoms. The Morgan fingerprint density at radius 1 is 1.38 bits per heavy atom. The summed E-state index contributed by atoms with van der Waals surface area (Å²) in [7, 11) is 0. The average molecular weight is 429 g/mol. The molecule has 124 valence electrons. The van der Waals surface area contributed by atoms with Gasteiger partial charge in [0.15, 0.2) is 5.82 Å². The van der Waals surface area contributed by atoms with Crippen LogP contribution < -0.4 is 5.32 Å². The molecule has 0 saturated carbocycles. The Bertz CT molecular complexity index is 846. The summed E-state index contributed by atoms with van der Waals surface area (Å²) in [6.45, 7) is 0.172. The molecule has 0 radical (unpaired) electrons. The molecular weight excluding hydrogens is 417 g/mol. The van der Waals surface area contributed by atoms with Gasteiger partial charge in [-0.2, -0.15) is 5.10 Å². The summed E-state index contributed by atoms with van der Waals surface area (Å²) in [5.74, 6) is -0.159. The van der Waals surface area contributed by atoms with Gasteiger partial charge in [0, 0.05) is 21.7 Å². The topological polar surface area (TPSA) is 46.9 Å². The van der Waals surface area contributed by atoms with E-state index in [9.17, 15) is 9.18 Å². The first kappa shape index (κ1) is 17.1. The van der Waals surface area contributed by atoms with Gasteiger partial charge in [-0.05, 0) is 39.5 Å². The van der Waals surface area contributed by atoms with Crippen molar-refractivity contribution in [3.05, 3.63) is 67.7 Å². The number of anilines is 1. The Kier molecular flexibility index (Phi) is 5.33. The van der Waals surface area contributed by atoms with E-state index in [4.69, 9.17) is 11.6 Å². The maximum atomic E-state index is 13.9. The number of rotatable bonds is 5. The first-order chi connectivity index (χ1) is 11.5. The SMILES string of the molecule is O=C(Cc1cccs1)Nc1nn(Cc2c(F)cccc2Cl)cc1Br. The van der Waals surface area contributed by atoms with Crippen molar-refractivity contribution >= 4 is 50.6 Å². The Balaban J connectivity index is 1.72. The molecule has 3 aromatic rings. The van der Waals surface area contributed by atoms with Crippen LogP contribution in [0.15, 0.2) is 46.4 Å². The van der Waals surface area contributed by atoms with Gasteiger partial charge in [0.2, 0.25) is 5.91 Å². The number of carbonyl (C=O) groups is 1. The maximum absolute atomic E-state index is 13.9. The Morgan fingerprint density at radius 3 is 2.92 bits per heavy atom. The fourth-order valence-electron chi connectivity index (χ4n) is 2.16. The molecule has 24 heavy (non-hydrogen) atoms. The second-order valence-electron chi connectivity index (χ2n) is 5.03. The molecule has 0 spiro atoms. The van der Waals surface area contributed by atoms with Crippen molar-refractivity contribution in [3.8, 4) is 0 Å². The number of nitrogens with one attached hydrogen (secondary N) is 1. The summed E-state index contributed by atoms with van der Waals surface area (Å²) < 4.78 is 16.0. The highest BCUT2D eigenvalue weighted by molar-refractivity contribution is 9.10. The Morgan fingerprint density at radius 2 is 2.21 bits per heavy atom. The summed E-state index contributed by atoms with van der Waals surface area (Å²) in [6.07, 6.45) is 1.96. The molecule has 0 saturated heterocycles. The first-order valence-electron chi connectivity index (χ1n) is 7.01. The van der Waals surface area contributed by atoms with Gasteiger partial charge in [-0.1, -0.05) is 23.7 Å². The lowest BCUT2D eigenvalue weighted by Crippen LogP contribution is -2.15. The van der Waals surface area contributed by atoms with E-state index < -0.39 is 5.82 Å². The van der Waals surface area contributed by atoms with Crippen molar-refractivity contribution in [2.45, 2.75) is 13.0 Å². The number of aromatic nitrogens is 2.